The van der Waals surface area contributed by atoms with Gasteiger partial charge in [-0.15, -0.1) is 0 Å². The van der Waals surface area contributed by atoms with Crippen molar-refractivity contribution in [1.29, 1.82) is 0 Å². The maximum absolute atomic E-state index is 5.21. The molecule has 0 amide bonds. The Kier molecular flexibility index (Phi) is 6.02. The molecule has 1 aliphatic rings. The molecule has 0 aromatic heterocycles. The van der Waals surface area contributed by atoms with Crippen LogP contribution in [0, 0.1) is 17.8 Å². The highest BCUT2D eigenvalue weighted by atomic mass is 32.1. The summed E-state index contributed by atoms with van der Waals surface area (Å²) in [5, 5.41) is 0. The number of methoxy groups -OCH3 is 1. The van der Waals surface area contributed by atoms with Crippen molar-refractivity contribution in [2.75, 3.05) is 39.1 Å². The molecule has 0 radical (unpaired) electrons. The van der Waals surface area contributed by atoms with Crippen molar-refractivity contribution in [1.82, 2.24) is 4.90 Å². The molecular weight excluding hydrogens is 206 g/mol. The average Bonchev–Trinajstić information content (AvgIpc) is 2.62. The van der Waals surface area contributed by atoms with Crippen molar-refractivity contribution in [2.24, 2.45) is 17.8 Å². The van der Waals surface area contributed by atoms with Gasteiger partial charge in [-0.1, -0.05) is 13.8 Å². The third-order valence-electron chi connectivity index (χ3n) is 3.44. The third-order valence-corrected chi connectivity index (χ3v) is 3.91. The molecule has 2 nitrogen and oxygen atoms in total. The second-order valence-corrected chi connectivity index (χ2v) is 5.42. The van der Waals surface area contributed by atoms with Gasteiger partial charge in [0.25, 0.3) is 0 Å². The lowest BCUT2D eigenvalue weighted by atomic mass is 9.97. The monoisotopic (exact) mass is 231 g/mol. The predicted octanol–water partition coefficient (Wildman–Crippen LogP) is 2.16. The van der Waals surface area contributed by atoms with Crippen LogP contribution in [0.3, 0.4) is 0 Å². The van der Waals surface area contributed by atoms with E-state index in [1.54, 1.807) is 7.11 Å². The highest BCUT2D eigenvalue weighted by Crippen LogP contribution is 2.21. The van der Waals surface area contributed by atoms with E-state index in [1.807, 2.05) is 0 Å². The minimum atomic E-state index is 0.731. The van der Waals surface area contributed by atoms with Gasteiger partial charge in [0.15, 0.2) is 0 Å². The SMILES string of the molecule is COCC1CCN(CC(CS)C(C)C)C1. The van der Waals surface area contributed by atoms with Crippen LogP contribution in [0.15, 0.2) is 0 Å². The van der Waals surface area contributed by atoms with Crippen LogP contribution in [0.1, 0.15) is 20.3 Å². The van der Waals surface area contributed by atoms with Gasteiger partial charge in [0.1, 0.15) is 0 Å². The molecule has 3 heteroatoms. The standard InChI is InChI=1S/C12H25NOS/c1-10(2)12(9-15)7-13-5-4-11(6-13)8-14-3/h10-12,15H,4-9H2,1-3H3. The molecule has 15 heavy (non-hydrogen) atoms. The van der Waals surface area contributed by atoms with Gasteiger partial charge in [0.05, 0.1) is 6.61 Å². The lowest BCUT2D eigenvalue weighted by molar-refractivity contribution is 0.150. The molecule has 0 bridgehead atoms. The summed E-state index contributed by atoms with van der Waals surface area (Å²) in [5.41, 5.74) is 0. The summed E-state index contributed by atoms with van der Waals surface area (Å²) in [4.78, 5) is 2.57. The molecule has 2 atom stereocenters. The molecule has 90 valence electrons. The maximum atomic E-state index is 5.21. The smallest absolute Gasteiger partial charge is 0.0503 e. The molecule has 0 N–H and O–H groups in total. The first-order valence-corrected chi connectivity index (χ1v) is 6.62. The molecule has 0 aliphatic carbocycles. The number of hydrogen-bond donors (Lipinski definition) is 1. The molecule has 1 fully saturated rings. The minimum Gasteiger partial charge on any atom is -0.384 e. The van der Waals surface area contributed by atoms with Crippen molar-refractivity contribution in [3.8, 4) is 0 Å². The van der Waals surface area contributed by atoms with E-state index in [2.05, 4.69) is 31.4 Å². The Hall–Kier alpha value is 0.270. The highest BCUT2D eigenvalue weighted by molar-refractivity contribution is 7.80. The van der Waals surface area contributed by atoms with Gasteiger partial charge >= 0.3 is 0 Å². The summed E-state index contributed by atoms with van der Waals surface area (Å²) in [6, 6.07) is 0. The summed E-state index contributed by atoms with van der Waals surface area (Å²) in [6.07, 6.45) is 1.30. The van der Waals surface area contributed by atoms with Crippen molar-refractivity contribution in [2.45, 2.75) is 20.3 Å². The lowest BCUT2D eigenvalue weighted by Crippen LogP contribution is -2.31. The summed E-state index contributed by atoms with van der Waals surface area (Å²) in [5.74, 6) is 3.23. The molecule has 1 rings (SSSR count). The molecule has 0 saturated carbocycles. The van der Waals surface area contributed by atoms with Crippen molar-refractivity contribution in [3.05, 3.63) is 0 Å². The van der Waals surface area contributed by atoms with Crippen molar-refractivity contribution in [3.63, 3.8) is 0 Å². The van der Waals surface area contributed by atoms with Gasteiger partial charge in [-0.05, 0) is 36.5 Å². The largest absolute Gasteiger partial charge is 0.384 e. The lowest BCUT2D eigenvalue weighted by Gasteiger charge is -2.25. The summed E-state index contributed by atoms with van der Waals surface area (Å²) in [6.45, 7) is 9.17. The zero-order valence-electron chi connectivity index (χ0n) is 10.3. The second kappa shape index (κ2) is 6.77. The highest BCUT2D eigenvalue weighted by Gasteiger charge is 2.25. The summed E-state index contributed by atoms with van der Waals surface area (Å²) < 4.78 is 5.21. The van der Waals surface area contributed by atoms with Crippen LogP contribution in [0.4, 0.5) is 0 Å². The Balaban J connectivity index is 2.28. The fraction of sp³-hybridized carbons (Fsp3) is 1.00. The molecule has 0 aromatic rings. The molecule has 1 aliphatic heterocycles. The predicted molar refractivity (Wildman–Crippen MR) is 68.6 cm³/mol. The number of rotatable bonds is 6. The van der Waals surface area contributed by atoms with Crippen LogP contribution in [-0.2, 0) is 4.74 Å². The normalized spacial score (nSPS) is 25.0. The topological polar surface area (TPSA) is 12.5 Å². The molecule has 1 heterocycles. The summed E-state index contributed by atoms with van der Waals surface area (Å²) >= 11 is 4.44. The van der Waals surface area contributed by atoms with Gasteiger partial charge in [-0.25, -0.2) is 0 Å². The van der Waals surface area contributed by atoms with E-state index in [1.165, 1.54) is 26.1 Å². The van der Waals surface area contributed by atoms with Crippen LogP contribution in [0.2, 0.25) is 0 Å². The van der Waals surface area contributed by atoms with Crippen molar-refractivity contribution < 1.29 is 4.74 Å². The van der Waals surface area contributed by atoms with Gasteiger partial charge in [-0.3, -0.25) is 0 Å². The Morgan fingerprint density at radius 3 is 2.73 bits per heavy atom. The Bertz CT molecular complexity index is 175. The fourth-order valence-electron chi connectivity index (χ4n) is 2.26. The van der Waals surface area contributed by atoms with Crippen LogP contribution in [0.5, 0.6) is 0 Å². The van der Waals surface area contributed by atoms with E-state index in [0.717, 1.165) is 30.1 Å². The first-order valence-electron chi connectivity index (χ1n) is 5.99. The Morgan fingerprint density at radius 2 is 2.20 bits per heavy atom. The van der Waals surface area contributed by atoms with Gasteiger partial charge in [-0.2, -0.15) is 12.6 Å². The van der Waals surface area contributed by atoms with E-state index in [9.17, 15) is 0 Å². The van der Waals surface area contributed by atoms with Crippen LogP contribution < -0.4 is 0 Å². The van der Waals surface area contributed by atoms with E-state index in [-0.39, 0.29) is 0 Å². The van der Waals surface area contributed by atoms with E-state index in [4.69, 9.17) is 4.74 Å². The quantitative estimate of drug-likeness (QED) is 0.703. The number of likely N-dealkylation sites (tertiary alicyclic amines) is 1. The van der Waals surface area contributed by atoms with E-state index < -0.39 is 0 Å². The zero-order chi connectivity index (χ0) is 11.3. The number of nitrogens with zero attached hydrogens (tertiary/aromatic N) is 1. The second-order valence-electron chi connectivity index (χ2n) is 5.06. The maximum Gasteiger partial charge on any atom is 0.0503 e. The molecule has 2 unspecified atom stereocenters. The zero-order valence-corrected chi connectivity index (χ0v) is 11.2. The van der Waals surface area contributed by atoms with Gasteiger partial charge in [0.2, 0.25) is 0 Å². The fourth-order valence-corrected chi connectivity index (χ4v) is 2.80. The first kappa shape index (κ1) is 13.3. The first-order chi connectivity index (χ1) is 7.17. The van der Waals surface area contributed by atoms with Gasteiger partial charge in [0, 0.05) is 20.2 Å². The van der Waals surface area contributed by atoms with Gasteiger partial charge < -0.3 is 9.64 Å². The third kappa shape index (κ3) is 4.33. The van der Waals surface area contributed by atoms with E-state index >= 15 is 0 Å². The molecule has 0 spiro atoms. The Morgan fingerprint density at radius 1 is 1.47 bits per heavy atom. The summed E-state index contributed by atoms with van der Waals surface area (Å²) in [7, 11) is 1.80. The van der Waals surface area contributed by atoms with Crippen LogP contribution >= 0.6 is 12.6 Å². The van der Waals surface area contributed by atoms with Crippen LogP contribution in [-0.4, -0.2) is 44.0 Å². The number of hydrogen-bond acceptors (Lipinski definition) is 3. The molecular formula is C12H25NOS. The Labute approximate surface area is 99.8 Å². The number of ether oxygens (including phenoxy) is 1. The van der Waals surface area contributed by atoms with Crippen molar-refractivity contribution >= 4 is 12.6 Å². The van der Waals surface area contributed by atoms with E-state index in [0.29, 0.717) is 0 Å². The van der Waals surface area contributed by atoms with Crippen LogP contribution in [0.25, 0.3) is 0 Å². The minimum absolute atomic E-state index is 0.731. The molecule has 0 aromatic carbocycles. The number of thiol groups is 1. The average molecular weight is 231 g/mol. The molecule has 1 saturated heterocycles.